The Bertz CT molecular complexity index is 1430. The van der Waals surface area contributed by atoms with Crippen LogP contribution in [0.25, 0.3) is 0 Å². The molecule has 3 atom stereocenters. The number of hydrogen-bond donors (Lipinski definition) is 4. The van der Waals surface area contributed by atoms with Crippen LogP contribution in [0.2, 0.25) is 0 Å². The Balaban J connectivity index is 1.55. The van der Waals surface area contributed by atoms with Gasteiger partial charge in [0.05, 0.1) is 24.8 Å². The lowest BCUT2D eigenvalue weighted by molar-refractivity contribution is 0.0371. The molecule has 12 nitrogen and oxygen atoms in total. The first-order valence-electron chi connectivity index (χ1n) is 13.5. The quantitative estimate of drug-likeness (QED) is 0.321. The first-order valence-corrected chi connectivity index (χ1v) is 13.5. The molecule has 0 aliphatic carbocycles. The summed E-state index contributed by atoms with van der Waals surface area (Å²) < 4.78 is 24.6. The molecule has 1 aliphatic rings. The van der Waals surface area contributed by atoms with Gasteiger partial charge < -0.3 is 40.1 Å². The fraction of sp³-hybridized carbons (Fsp3) is 0.379. The fourth-order valence-corrected chi connectivity index (χ4v) is 4.56. The number of nitrogens with one attached hydrogen (secondary N) is 3. The predicted molar refractivity (Wildman–Crippen MR) is 154 cm³/mol. The number of rotatable bonds is 7. The molecule has 4 N–H and O–H groups in total. The van der Waals surface area contributed by atoms with Crippen LogP contribution in [0.4, 0.5) is 31.0 Å². The number of hydrogen-bond acceptors (Lipinski definition) is 7. The zero-order chi connectivity index (χ0) is 30.6. The van der Waals surface area contributed by atoms with Gasteiger partial charge >= 0.3 is 12.1 Å². The van der Waals surface area contributed by atoms with Crippen molar-refractivity contribution in [3.05, 3.63) is 65.3 Å². The van der Waals surface area contributed by atoms with Gasteiger partial charge in [-0.05, 0) is 63.2 Å². The number of nitrogens with zero attached hydrogens (tertiary/aromatic N) is 3. The average molecular weight is 583 g/mol. The van der Waals surface area contributed by atoms with Gasteiger partial charge in [-0.1, -0.05) is 12.1 Å². The molecule has 0 bridgehead atoms. The molecule has 0 fully saturated rings. The molecular formula is C29H35FN6O6. The molecule has 4 rings (SSSR count). The summed E-state index contributed by atoms with van der Waals surface area (Å²) in [6.07, 6.45) is -0.532. The van der Waals surface area contributed by atoms with E-state index in [0.29, 0.717) is 28.5 Å². The van der Waals surface area contributed by atoms with Crippen molar-refractivity contribution < 1.29 is 33.1 Å². The standard InChI is InChI=1S/C29H35FN6O6/c1-16-13-36(17(2)15-37)27(38)23-12-22(31-28(39)33-26-18(3)34-42-19(26)4)10-11-24(23)41-25(16)14-35(5)29(40)32-21-8-6-20(30)7-9-21/h6-12,16-17,25,37H,13-15H2,1-5H3,(H,32,40)(H2,31,33,39)/t16-,17-,25+/m0/s1. The van der Waals surface area contributed by atoms with Crippen molar-refractivity contribution in [1.82, 2.24) is 15.0 Å². The lowest BCUT2D eigenvalue weighted by atomic mass is 9.99. The minimum atomic E-state index is -0.551. The van der Waals surface area contributed by atoms with E-state index in [0.717, 1.165) is 0 Å². The van der Waals surface area contributed by atoms with Gasteiger partial charge in [0.15, 0.2) is 5.76 Å². The number of aryl methyl sites for hydroxylation is 2. The summed E-state index contributed by atoms with van der Waals surface area (Å²) in [5.74, 6) is -0.275. The van der Waals surface area contributed by atoms with Crippen molar-refractivity contribution in [2.75, 3.05) is 42.7 Å². The number of anilines is 3. The first-order chi connectivity index (χ1) is 20.0. The van der Waals surface area contributed by atoms with E-state index in [2.05, 4.69) is 21.1 Å². The smallest absolute Gasteiger partial charge is 0.323 e. The van der Waals surface area contributed by atoms with Crippen LogP contribution in [0.5, 0.6) is 5.75 Å². The molecule has 42 heavy (non-hydrogen) atoms. The van der Waals surface area contributed by atoms with E-state index in [-0.39, 0.29) is 42.8 Å². The number of fused-ring (bicyclic) bond motifs is 1. The maximum absolute atomic E-state index is 13.7. The zero-order valence-corrected chi connectivity index (χ0v) is 24.1. The molecule has 1 aliphatic heterocycles. The number of likely N-dealkylation sites (N-methyl/N-ethyl adjacent to an activating group) is 1. The molecule has 5 amide bonds. The van der Waals surface area contributed by atoms with Crippen LogP contribution in [0, 0.1) is 25.6 Å². The number of carbonyl (C=O) groups excluding carboxylic acids is 3. The summed E-state index contributed by atoms with van der Waals surface area (Å²) >= 11 is 0. The Morgan fingerprint density at radius 3 is 2.48 bits per heavy atom. The lowest BCUT2D eigenvalue weighted by Gasteiger charge is -2.38. The van der Waals surface area contributed by atoms with E-state index in [9.17, 15) is 23.9 Å². The van der Waals surface area contributed by atoms with E-state index in [1.807, 2.05) is 6.92 Å². The number of aromatic nitrogens is 1. The molecule has 224 valence electrons. The van der Waals surface area contributed by atoms with Crippen LogP contribution in [0.3, 0.4) is 0 Å². The molecule has 1 aromatic heterocycles. The summed E-state index contributed by atoms with van der Waals surface area (Å²) in [7, 11) is 1.61. The summed E-state index contributed by atoms with van der Waals surface area (Å²) in [4.78, 5) is 42.2. The fourth-order valence-electron chi connectivity index (χ4n) is 4.56. The topological polar surface area (TPSA) is 149 Å². The second kappa shape index (κ2) is 12.9. The minimum Gasteiger partial charge on any atom is -0.487 e. The van der Waals surface area contributed by atoms with E-state index < -0.39 is 30.0 Å². The maximum atomic E-state index is 13.7. The summed E-state index contributed by atoms with van der Waals surface area (Å²) in [5, 5.41) is 21.8. The highest BCUT2D eigenvalue weighted by molar-refractivity contribution is 6.03. The Kier molecular flexibility index (Phi) is 9.31. The average Bonchev–Trinajstić information content (AvgIpc) is 3.27. The zero-order valence-electron chi connectivity index (χ0n) is 24.1. The minimum absolute atomic E-state index is 0.170. The second-order valence-corrected chi connectivity index (χ2v) is 10.4. The highest BCUT2D eigenvalue weighted by Crippen LogP contribution is 2.31. The number of urea groups is 2. The van der Waals surface area contributed by atoms with Crippen LogP contribution >= 0.6 is 0 Å². The van der Waals surface area contributed by atoms with Gasteiger partial charge in [0.25, 0.3) is 5.91 Å². The number of halogens is 1. The van der Waals surface area contributed by atoms with Crippen molar-refractivity contribution in [2.24, 2.45) is 5.92 Å². The third kappa shape index (κ3) is 6.97. The number of carbonyl (C=O) groups is 3. The Labute approximate surface area is 242 Å². The van der Waals surface area contributed by atoms with E-state index in [1.54, 1.807) is 44.9 Å². The number of aliphatic hydroxyl groups excluding tert-OH is 1. The molecule has 0 unspecified atom stereocenters. The van der Waals surface area contributed by atoms with Gasteiger partial charge in [0, 0.05) is 30.9 Å². The highest BCUT2D eigenvalue weighted by atomic mass is 19.1. The second-order valence-electron chi connectivity index (χ2n) is 10.4. The van der Waals surface area contributed by atoms with Crippen molar-refractivity contribution in [1.29, 1.82) is 0 Å². The van der Waals surface area contributed by atoms with Gasteiger partial charge in [-0.3, -0.25) is 4.79 Å². The van der Waals surface area contributed by atoms with E-state index in [4.69, 9.17) is 9.26 Å². The van der Waals surface area contributed by atoms with Crippen LogP contribution in [0.15, 0.2) is 47.0 Å². The Morgan fingerprint density at radius 1 is 1.14 bits per heavy atom. The van der Waals surface area contributed by atoms with Crippen LogP contribution in [-0.4, -0.2) is 76.9 Å². The molecular weight excluding hydrogens is 547 g/mol. The van der Waals surface area contributed by atoms with Crippen LogP contribution < -0.4 is 20.7 Å². The summed E-state index contributed by atoms with van der Waals surface area (Å²) in [6.45, 7) is 7.19. The normalized spacial score (nSPS) is 17.3. The monoisotopic (exact) mass is 582 g/mol. The van der Waals surface area contributed by atoms with Crippen LogP contribution in [-0.2, 0) is 0 Å². The maximum Gasteiger partial charge on any atom is 0.323 e. The molecule has 2 aromatic carbocycles. The molecule has 0 saturated heterocycles. The van der Waals surface area contributed by atoms with Crippen molar-refractivity contribution in [3.8, 4) is 5.75 Å². The van der Waals surface area contributed by atoms with Gasteiger partial charge in [-0.25, -0.2) is 14.0 Å². The largest absolute Gasteiger partial charge is 0.487 e. The Hall–Kier alpha value is -4.65. The third-order valence-electron chi connectivity index (χ3n) is 7.09. The van der Waals surface area contributed by atoms with Gasteiger partial charge in [0.2, 0.25) is 0 Å². The molecule has 0 saturated carbocycles. The van der Waals surface area contributed by atoms with Gasteiger partial charge in [-0.15, -0.1) is 0 Å². The van der Waals surface area contributed by atoms with Crippen molar-refractivity contribution >= 4 is 35.0 Å². The van der Waals surface area contributed by atoms with Gasteiger partial charge in [0.1, 0.15) is 29.1 Å². The SMILES string of the molecule is Cc1noc(C)c1NC(=O)Nc1ccc2c(c1)C(=O)N([C@@H](C)CO)C[C@H](C)[C@@H](CN(C)C(=O)Nc1ccc(F)cc1)O2. The molecule has 3 aromatic rings. The summed E-state index contributed by atoms with van der Waals surface area (Å²) in [6, 6.07) is 8.68. The van der Waals surface area contributed by atoms with Gasteiger partial charge in [-0.2, -0.15) is 0 Å². The molecule has 2 heterocycles. The first kappa shape index (κ1) is 30.3. The van der Waals surface area contributed by atoms with Crippen molar-refractivity contribution in [3.63, 3.8) is 0 Å². The number of benzene rings is 2. The third-order valence-corrected chi connectivity index (χ3v) is 7.09. The number of aliphatic hydroxyl groups is 1. The molecule has 0 spiro atoms. The van der Waals surface area contributed by atoms with E-state index in [1.165, 1.54) is 35.2 Å². The lowest BCUT2D eigenvalue weighted by Crippen LogP contribution is -2.50. The highest BCUT2D eigenvalue weighted by Gasteiger charge is 2.34. The van der Waals surface area contributed by atoms with Crippen LogP contribution in [0.1, 0.15) is 35.7 Å². The number of ether oxygens (including phenoxy) is 1. The number of amides is 5. The molecule has 0 radical (unpaired) electrons. The van der Waals surface area contributed by atoms with Crippen molar-refractivity contribution in [2.45, 2.75) is 39.8 Å². The van der Waals surface area contributed by atoms with E-state index >= 15 is 0 Å². The summed E-state index contributed by atoms with van der Waals surface area (Å²) in [5.41, 5.74) is 1.95. The Morgan fingerprint density at radius 2 is 1.83 bits per heavy atom. The molecule has 13 heteroatoms. The predicted octanol–water partition coefficient (Wildman–Crippen LogP) is 4.46.